The third kappa shape index (κ3) is 2.43. The molecule has 0 fully saturated rings. The molecule has 0 radical (unpaired) electrons. The van der Waals surface area contributed by atoms with Crippen LogP contribution in [0.25, 0.3) is 0 Å². The van der Waals surface area contributed by atoms with E-state index in [1.54, 1.807) is 0 Å². The van der Waals surface area contributed by atoms with Gasteiger partial charge in [0.05, 0.1) is 11.9 Å². The van der Waals surface area contributed by atoms with Crippen molar-refractivity contribution in [3.05, 3.63) is 36.3 Å². The summed E-state index contributed by atoms with van der Waals surface area (Å²) < 4.78 is 40.5. The predicted octanol–water partition coefficient (Wildman–Crippen LogP) is 0.942. The Bertz CT molecular complexity index is 661. The molecule has 0 spiro atoms. The molecule has 6 nitrogen and oxygen atoms in total. The lowest BCUT2D eigenvalue weighted by molar-refractivity contribution is 0.582. The molecule has 1 aromatic heterocycles. The number of nitrogens with one attached hydrogen (secondary N) is 1. The Morgan fingerprint density at radius 2 is 2.11 bits per heavy atom. The zero-order valence-electron chi connectivity index (χ0n) is 9.46. The fourth-order valence-electron chi connectivity index (χ4n) is 1.50. The van der Waals surface area contributed by atoms with Crippen LogP contribution in [0.3, 0.4) is 0 Å². The van der Waals surface area contributed by atoms with Crippen molar-refractivity contribution in [1.29, 1.82) is 0 Å². The van der Waals surface area contributed by atoms with E-state index in [2.05, 4.69) is 9.82 Å². The fraction of sp³-hybridized carbons (Fsp3) is 0.100. The molecule has 0 aliphatic heterocycles. The van der Waals surface area contributed by atoms with E-state index in [1.165, 1.54) is 30.1 Å². The molecule has 0 atom stereocenters. The number of aryl methyl sites for hydroxylation is 1. The number of sulfonamides is 1. The topological polar surface area (TPSA) is 90.0 Å². The van der Waals surface area contributed by atoms with Gasteiger partial charge in [-0.25, -0.2) is 4.39 Å². The Morgan fingerprint density at radius 3 is 2.67 bits per heavy atom. The Hall–Kier alpha value is -2.09. The quantitative estimate of drug-likeness (QED) is 0.812. The number of nitrogens with zero attached hydrogens (tertiary/aromatic N) is 2. The Labute approximate surface area is 103 Å². The fourth-order valence-corrected chi connectivity index (χ4v) is 2.67. The summed E-state index contributed by atoms with van der Waals surface area (Å²) in [6.07, 6.45) is 1.36. The second-order valence-corrected chi connectivity index (χ2v) is 5.30. The normalized spacial score (nSPS) is 11.4. The van der Waals surface area contributed by atoms with Gasteiger partial charge in [0.1, 0.15) is 5.82 Å². The molecule has 0 bridgehead atoms. The highest BCUT2D eigenvalue weighted by atomic mass is 32.2. The summed E-state index contributed by atoms with van der Waals surface area (Å²) in [5.74, 6) is -0.613. The number of anilines is 2. The summed E-state index contributed by atoms with van der Waals surface area (Å²) in [6, 6.07) is 4.81. The van der Waals surface area contributed by atoms with Crippen molar-refractivity contribution in [3.8, 4) is 0 Å². The van der Waals surface area contributed by atoms with E-state index < -0.39 is 15.8 Å². The van der Waals surface area contributed by atoms with E-state index in [4.69, 9.17) is 5.73 Å². The van der Waals surface area contributed by atoms with Gasteiger partial charge in [0, 0.05) is 12.7 Å². The summed E-state index contributed by atoms with van der Waals surface area (Å²) in [5.41, 5.74) is 5.63. The molecule has 2 rings (SSSR count). The van der Waals surface area contributed by atoms with Gasteiger partial charge in [0.15, 0.2) is 5.03 Å². The molecule has 0 saturated carbocycles. The Kier molecular flexibility index (Phi) is 2.95. The average Bonchev–Trinajstić information content (AvgIpc) is 2.62. The first-order valence-electron chi connectivity index (χ1n) is 4.95. The number of benzene rings is 1. The van der Waals surface area contributed by atoms with E-state index in [-0.39, 0.29) is 16.4 Å². The predicted molar refractivity (Wildman–Crippen MR) is 64.8 cm³/mol. The lowest BCUT2D eigenvalue weighted by atomic mass is 10.3. The molecule has 1 heterocycles. The van der Waals surface area contributed by atoms with Gasteiger partial charge in [0.25, 0.3) is 10.0 Å². The Morgan fingerprint density at radius 1 is 1.39 bits per heavy atom. The third-order valence-electron chi connectivity index (χ3n) is 2.22. The molecule has 1 aromatic carbocycles. The lowest BCUT2D eigenvalue weighted by Crippen LogP contribution is -2.16. The van der Waals surface area contributed by atoms with Gasteiger partial charge in [-0.1, -0.05) is 0 Å². The van der Waals surface area contributed by atoms with Crippen molar-refractivity contribution in [2.45, 2.75) is 5.03 Å². The van der Waals surface area contributed by atoms with Crippen LogP contribution < -0.4 is 10.5 Å². The molecule has 96 valence electrons. The highest BCUT2D eigenvalue weighted by molar-refractivity contribution is 7.92. The molecule has 0 aliphatic rings. The van der Waals surface area contributed by atoms with Crippen LogP contribution in [0.2, 0.25) is 0 Å². The van der Waals surface area contributed by atoms with E-state index in [9.17, 15) is 12.8 Å². The molecule has 0 saturated heterocycles. The van der Waals surface area contributed by atoms with Crippen molar-refractivity contribution in [1.82, 2.24) is 9.78 Å². The number of halogens is 1. The zero-order chi connectivity index (χ0) is 13.3. The van der Waals surface area contributed by atoms with Crippen LogP contribution in [0, 0.1) is 5.82 Å². The largest absolute Gasteiger partial charge is 0.399 e. The van der Waals surface area contributed by atoms with Crippen LogP contribution in [-0.2, 0) is 17.1 Å². The Balaban J connectivity index is 2.37. The summed E-state index contributed by atoms with van der Waals surface area (Å²) in [6.45, 7) is 0. The minimum Gasteiger partial charge on any atom is -0.399 e. The van der Waals surface area contributed by atoms with Gasteiger partial charge in [-0.15, -0.1) is 0 Å². The lowest BCUT2D eigenvalue weighted by Gasteiger charge is -2.08. The summed E-state index contributed by atoms with van der Waals surface area (Å²) >= 11 is 0. The van der Waals surface area contributed by atoms with E-state index in [0.717, 1.165) is 12.1 Å². The van der Waals surface area contributed by atoms with Crippen LogP contribution in [0.5, 0.6) is 0 Å². The summed E-state index contributed by atoms with van der Waals surface area (Å²) in [7, 11) is -2.31. The number of rotatable bonds is 3. The van der Waals surface area contributed by atoms with Crippen molar-refractivity contribution < 1.29 is 12.8 Å². The molecule has 0 unspecified atom stereocenters. The molecule has 0 aliphatic carbocycles. The second-order valence-electron chi connectivity index (χ2n) is 3.67. The van der Waals surface area contributed by atoms with Crippen LogP contribution in [0.4, 0.5) is 15.8 Å². The van der Waals surface area contributed by atoms with Gasteiger partial charge in [-0.2, -0.15) is 13.5 Å². The van der Waals surface area contributed by atoms with E-state index >= 15 is 0 Å². The van der Waals surface area contributed by atoms with E-state index in [0.29, 0.717) is 0 Å². The van der Waals surface area contributed by atoms with Gasteiger partial charge >= 0.3 is 0 Å². The van der Waals surface area contributed by atoms with Crippen molar-refractivity contribution in [2.24, 2.45) is 7.05 Å². The highest BCUT2D eigenvalue weighted by Crippen LogP contribution is 2.19. The van der Waals surface area contributed by atoms with Crippen molar-refractivity contribution in [3.63, 3.8) is 0 Å². The maximum Gasteiger partial charge on any atom is 0.279 e. The van der Waals surface area contributed by atoms with Gasteiger partial charge in [-0.05, 0) is 24.3 Å². The average molecular weight is 270 g/mol. The number of aromatic nitrogens is 2. The van der Waals surface area contributed by atoms with Crippen LogP contribution in [0.1, 0.15) is 0 Å². The van der Waals surface area contributed by atoms with Crippen LogP contribution in [0.15, 0.2) is 35.5 Å². The third-order valence-corrected chi connectivity index (χ3v) is 3.68. The van der Waals surface area contributed by atoms with E-state index in [1.807, 2.05) is 0 Å². The summed E-state index contributed by atoms with van der Waals surface area (Å²) in [5, 5.41) is 3.74. The molecular weight excluding hydrogens is 259 g/mol. The number of nitrogen functional groups attached to an aromatic ring is 1. The minimum absolute atomic E-state index is 0.0228. The molecular formula is C10H11FN4O2S. The first-order chi connectivity index (χ1) is 8.38. The zero-order valence-corrected chi connectivity index (χ0v) is 10.3. The maximum absolute atomic E-state index is 13.1. The van der Waals surface area contributed by atoms with Crippen molar-refractivity contribution in [2.75, 3.05) is 10.5 Å². The first-order valence-corrected chi connectivity index (χ1v) is 6.44. The smallest absolute Gasteiger partial charge is 0.279 e. The molecule has 3 N–H and O–H groups in total. The first kappa shape index (κ1) is 12.4. The highest BCUT2D eigenvalue weighted by Gasteiger charge is 2.18. The molecule has 18 heavy (non-hydrogen) atoms. The standard InChI is InChI=1S/C10H11FN4O2S/c1-15-10(2-3-13-15)18(16,17)14-9-5-7(11)4-8(12)6-9/h2-6,14H,12H2,1H3. The van der Waals surface area contributed by atoms with Gasteiger partial charge < -0.3 is 5.73 Å². The number of hydrogen-bond donors (Lipinski definition) is 2. The summed E-state index contributed by atoms with van der Waals surface area (Å²) in [4.78, 5) is 0. The number of nitrogens with two attached hydrogens (primary N) is 1. The van der Waals surface area contributed by atoms with Gasteiger partial charge in [-0.3, -0.25) is 9.40 Å². The molecule has 2 aromatic rings. The van der Waals surface area contributed by atoms with Crippen LogP contribution in [-0.4, -0.2) is 18.2 Å². The van der Waals surface area contributed by atoms with Gasteiger partial charge in [0.2, 0.25) is 0 Å². The number of hydrogen-bond acceptors (Lipinski definition) is 4. The maximum atomic E-state index is 13.1. The second kappa shape index (κ2) is 4.30. The minimum atomic E-state index is -3.81. The SMILES string of the molecule is Cn1nccc1S(=O)(=O)Nc1cc(N)cc(F)c1. The monoisotopic (exact) mass is 270 g/mol. The van der Waals surface area contributed by atoms with Crippen LogP contribution >= 0.6 is 0 Å². The van der Waals surface area contributed by atoms with Crippen molar-refractivity contribution >= 4 is 21.4 Å². The molecule has 8 heteroatoms. The molecule has 0 amide bonds.